The molecule has 2 aromatic heterocycles. The Morgan fingerprint density at radius 2 is 2.15 bits per heavy atom. The van der Waals surface area contributed by atoms with Crippen LogP contribution in [-0.4, -0.2) is 9.97 Å². The van der Waals surface area contributed by atoms with E-state index >= 15 is 0 Å². The summed E-state index contributed by atoms with van der Waals surface area (Å²) in [6.07, 6.45) is 3.72. The van der Waals surface area contributed by atoms with Crippen molar-refractivity contribution >= 4 is 23.0 Å². The largest absolute Gasteiger partial charge is 0.383 e. The second-order valence-corrected chi connectivity index (χ2v) is 6.16. The molecule has 0 aromatic carbocycles. The quantitative estimate of drug-likeness (QED) is 0.837. The van der Waals surface area contributed by atoms with Crippen molar-refractivity contribution in [3.63, 3.8) is 0 Å². The number of anilines is 2. The molecule has 0 amide bonds. The molecule has 5 heteroatoms. The van der Waals surface area contributed by atoms with Gasteiger partial charge in [-0.3, -0.25) is 0 Å². The van der Waals surface area contributed by atoms with Gasteiger partial charge in [-0.2, -0.15) is 0 Å². The average molecular weight is 290 g/mol. The molecular formula is C15H22N4S. The Kier molecular flexibility index (Phi) is 4.95. The van der Waals surface area contributed by atoms with Crippen LogP contribution in [0.2, 0.25) is 0 Å². The zero-order valence-electron chi connectivity index (χ0n) is 12.3. The molecule has 108 valence electrons. The molecule has 0 saturated carbocycles. The van der Waals surface area contributed by atoms with Gasteiger partial charge in [0.2, 0.25) is 0 Å². The number of hydrogen-bond donors (Lipinski definition) is 2. The van der Waals surface area contributed by atoms with Crippen molar-refractivity contribution in [3.8, 4) is 0 Å². The lowest BCUT2D eigenvalue weighted by atomic mass is 10.0. The van der Waals surface area contributed by atoms with Crippen LogP contribution in [0.1, 0.15) is 56.0 Å². The minimum atomic E-state index is 0.284. The van der Waals surface area contributed by atoms with E-state index in [1.54, 1.807) is 11.3 Å². The summed E-state index contributed by atoms with van der Waals surface area (Å²) >= 11 is 1.77. The summed E-state index contributed by atoms with van der Waals surface area (Å²) in [6, 6.07) is 4.53. The first kappa shape index (κ1) is 14.8. The van der Waals surface area contributed by atoms with Crippen LogP contribution in [0.15, 0.2) is 23.8 Å². The minimum absolute atomic E-state index is 0.284. The van der Waals surface area contributed by atoms with Gasteiger partial charge >= 0.3 is 0 Å². The predicted octanol–water partition coefficient (Wildman–Crippen LogP) is 4.20. The summed E-state index contributed by atoms with van der Waals surface area (Å²) in [4.78, 5) is 9.83. The first-order valence-corrected chi connectivity index (χ1v) is 7.91. The van der Waals surface area contributed by atoms with Crippen molar-refractivity contribution in [1.29, 1.82) is 0 Å². The summed E-state index contributed by atoms with van der Waals surface area (Å²) in [5.41, 5.74) is 7.01. The lowest BCUT2D eigenvalue weighted by Gasteiger charge is -2.21. The van der Waals surface area contributed by atoms with Gasteiger partial charge in [0.1, 0.15) is 18.0 Å². The van der Waals surface area contributed by atoms with E-state index in [-0.39, 0.29) is 6.04 Å². The lowest BCUT2D eigenvalue weighted by molar-refractivity contribution is 0.680. The van der Waals surface area contributed by atoms with E-state index in [9.17, 15) is 0 Å². The Morgan fingerprint density at radius 1 is 1.35 bits per heavy atom. The second kappa shape index (κ2) is 6.70. The number of nitrogen functional groups attached to an aromatic ring is 1. The van der Waals surface area contributed by atoms with Crippen molar-refractivity contribution in [2.75, 3.05) is 11.1 Å². The fraction of sp³-hybridized carbons (Fsp3) is 0.467. The van der Waals surface area contributed by atoms with Crippen LogP contribution in [0.3, 0.4) is 0 Å². The molecule has 2 heterocycles. The topological polar surface area (TPSA) is 63.8 Å². The normalized spacial score (nSPS) is 12.6. The standard InChI is InChI=1S/C15H22N4S/c1-4-6-11(12-7-5-8-20-12)19-15-13(10(2)3)14(16)17-9-18-15/h5,7-11H,4,6H2,1-3H3,(H3,16,17,18,19). The first-order chi connectivity index (χ1) is 9.63. The van der Waals surface area contributed by atoms with Crippen LogP contribution < -0.4 is 11.1 Å². The third-order valence-corrected chi connectivity index (χ3v) is 4.25. The van der Waals surface area contributed by atoms with Gasteiger partial charge < -0.3 is 11.1 Å². The Hall–Kier alpha value is -1.62. The number of rotatable bonds is 6. The van der Waals surface area contributed by atoms with Crippen molar-refractivity contribution in [1.82, 2.24) is 9.97 Å². The Morgan fingerprint density at radius 3 is 2.75 bits per heavy atom. The van der Waals surface area contributed by atoms with Crippen LogP contribution in [0.5, 0.6) is 0 Å². The number of thiophene rings is 1. The molecule has 1 unspecified atom stereocenters. The van der Waals surface area contributed by atoms with Crippen molar-refractivity contribution in [2.45, 2.75) is 45.6 Å². The summed E-state index contributed by atoms with van der Waals surface area (Å²) < 4.78 is 0. The van der Waals surface area contributed by atoms with Crippen molar-refractivity contribution in [2.24, 2.45) is 0 Å². The van der Waals surface area contributed by atoms with E-state index in [0.717, 1.165) is 24.2 Å². The number of nitrogens with zero attached hydrogens (tertiary/aromatic N) is 2. The number of nitrogens with one attached hydrogen (secondary N) is 1. The van der Waals surface area contributed by atoms with Crippen molar-refractivity contribution in [3.05, 3.63) is 34.3 Å². The summed E-state index contributed by atoms with van der Waals surface area (Å²) in [5, 5.41) is 5.66. The molecule has 0 aliphatic rings. The van der Waals surface area contributed by atoms with E-state index < -0.39 is 0 Å². The molecular weight excluding hydrogens is 268 g/mol. The van der Waals surface area contributed by atoms with Gasteiger partial charge in [0.05, 0.1) is 6.04 Å². The highest BCUT2D eigenvalue weighted by Gasteiger charge is 2.18. The van der Waals surface area contributed by atoms with E-state index in [0.29, 0.717) is 11.7 Å². The molecule has 3 N–H and O–H groups in total. The third kappa shape index (κ3) is 3.28. The van der Waals surface area contributed by atoms with Crippen LogP contribution in [0.4, 0.5) is 11.6 Å². The zero-order chi connectivity index (χ0) is 14.5. The Labute approximate surface area is 124 Å². The zero-order valence-corrected chi connectivity index (χ0v) is 13.1. The van der Waals surface area contributed by atoms with Crippen molar-refractivity contribution < 1.29 is 0 Å². The van der Waals surface area contributed by atoms with E-state index in [4.69, 9.17) is 5.73 Å². The molecule has 0 aliphatic heterocycles. The molecule has 1 atom stereocenters. The predicted molar refractivity (Wildman–Crippen MR) is 86.1 cm³/mol. The molecule has 0 fully saturated rings. The third-order valence-electron chi connectivity index (χ3n) is 3.27. The van der Waals surface area contributed by atoms with Crippen LogP contribution in [0, 0.1) is 0 Å². The summed E-state index contributed by atoms with van der Waals surface area (Å²) in [7, 11) is 0. The van der Waals surface area contributed by atoms with Gasteiger partial charge in [-0.15, -0.1) is 11.3 Å². The molecule has 20 heavy (non-hydrogen) atoms. The van der Waals surface area contributed by atoms with Crippen LogP contribution >= 0.6 is 11.3 Å². The molecule has 0 saturated heterocycles. The molecule has 2 rings (SSSR count). The highest BCUT2D eigenvalue weighted by Crippen LogP contribution is 2.32. The fourth-order valence-electron chi connectivity index (χ4n) is 2.32. The molecule has 0 radical (unpaired) electrons. The SMILES string of the molecule is CCCC(Nc1ncnc(N)c1C(C)C)c1cccs1. The van der Waals surface area contributed by atoms with Crippen LogP contribution in [-0.2, 0) is 0 Å². The van der Waals surface area contributed by atoms with Gasteiger partial charge in [-0.25, -0.2) is 9.97 Å². The Bertz CT molecular complexity index is 537. The smallest absolute Gasteiger partial charge is 0.135 e. The molecule has 4 nitrogen and oxygen atoms in total. The molecule has 0 bridgehead atoms. The summed E-state index contributed by atoms with van der Waals surface area (Å²) in [5.74, 6) is 1.72. The Balaban J connectivity index is 2.29. The number of aromatic nitrogens is 2. The van der Waals surface area contributed by atoms with Gasteiger partial charge in [-0.05, 0) is 23.8 Å². The highest BCUT2D eigenvalue weighted by atomic mass is 32.1. The fourth-order valence-corrected chi connectivity index (χ4v) is 3.13. The summed E-state index contributed by atoms with van der Waals surface area (Å²) in [6.45, 7) is 6.42. The highest BCUT2D eigenvalue weighted by molar-refractivity contribution is 7.10. The average Bonchev–Trinajstić information content (AvgIpc) is 2.91. The number of hydrogen-bond acceptors (Lipinski definition) is 5. The molecule has 2 aromatic rings. The van der Waals surface area contributed by atoms with Gasteiger partial charge in [-0.1, -0.05) is 33.3 Å². The maximum Gasteiger partial charge on any atom is 0.135 e. The van der Waals surface area contributed by atoms with Gasteiger partial charge in [0, 0.05) is 10.4 Å². The second-order valence-electron chi connectivity index (χ2n) is 5.18. The van der Waals surface area contributed by atoms with E-state index in [1.165, 1.54) is 11.2 Å². The maximum atomic E-state index is 6.00. The van der Waals surface area contributed by atoms with Crippen LogP contribution in [0.25, 0.3) is 0 Å². The molecule has 0 spiro atoms. The van der Waals surface area contributed by atoms with Gasteiger partial charge in [0.25, 0.3) is 0 Å². The minimum Gasteiger partial charge on any atom is -0.383 e. The first-order valence-electron chi connectivity index (χ1n) is 7.03. The monoisotopic (exact) mass is 290 g/mol. The van der Waals surface area contributed by atoms with E-state index in [2.05, 4.69) is 53.6 Å². The maximum absolute atomic E-state index is 6.00. The molecule has 0 aliphatic carbocycles. The van der Waals surface area contributed by atoms with Gasteiger partial charge in [0.15, 0.2) is 0 Å². The number of nitrogens with two attached hydrogens (primary N) is 1. The van der Waals surface area contributed by atoms with E-state index in [1.807, 2.05) is 0 Å². The lowest BCUT2D eigenvalue weighted by Crippen LogP contribution is -2.14.